The number of likely N-dealkylation sites (N-methyl/N-ethyl adjacent to an activating group) is 1. The van der Waals surface area contributed by atoms with Crippen LogP contribution in [0.1, 0.15) is 17.2 Å². The minimum atomic E-state index is -3.56. The number of carbonyl (C=O) groups excluding carboxylic acids is 1. The van der Waals surface area contributed by atoms with Crippen LogP contribution in [0.4, 0.5) is 5.69 Å². The summed E-state index contributed by atoms with van der Waals surface area (Å²) in [5, 5.41) is 2.84. The Bertz CT molecular complexity index is 941. The molecule has 0 radical (unpaired) electrons. The number of nitrogens with zero attached hydrogens (tertiary/aromatic N) is 3. The Morgan fingerprint density at radius 2 is 1.78 bits per heavy atom. The molecular weight excluding hydrogens is 388 g/mol. The third-order valence-electron chi connectivity index (χ3n) is 4.95. The van der Waals surface area contributed by atoms with Gasteiger partial charge in [0.2, 0.25) is 15.9 Å². The van der Waals surface area contributed by atoms with Gasteiger partial charge in [0.1, 0.15) is 10.8 Å². The molecule has 1 N–H and O–H groups in total. The van der Waals surface area contributed by atoms with E-state index in [1.54, 1.807) is 12.1 Å². The van der Waals surface area contributed by atoms with Crippen molar-refractivity contribution in [3.63, 3.8) is 0 Å². The molecule has 0 spiro atoms. The van der Waals surface area contributed by atoms with E-state index in [2.05, 4.69) is 15.2 Å². The first-order chi connectivity index (χ1) is 12.5. The molecule has 0 aliphatic carbocycles. The zero-order valence-electron chi connectivity index (χ0n) is 14.8. The lowest BCUT2D eigenvalue weighted by Gasteiger charge is -2.31. The van der Waals surface area contributed by atoms with Crippen LogP contribution in [0.2, 0.25) is 0 Å². The highest BCUT2D eigenvalue weighted by atomic mass is 35.5. The lowest BCUT2D eigenvalue weighted by molar-refractivity contribution is -0.116. The molecule has 1 aromatic carbocycles. The summed E-state index contributed by atoms with van der Waals surface area (Å²) in [5.41, 5.74) is 2.18. The highest BCUT2D eigenvalue weighted by Gasteiger charge is 2.33. The second-order valence-corrected chi connectivity index (χ2v) is 8.57. The largest absolute Gasteiger partial charge is 0.325 e. The summed E-state index contributed by atoms with van der Waals surface area (Å²) in [6, 6.07) is 10.6. The van der Waals surface area contributed by atoms with Gasteiger partial charge in [0.15, 0.2) is 0 Å². The molecule has 1 unspecified atom stereocenters. The minimum absolute atomic E-state index is 0. The second kappa shape index (κ2) is 7.55. The number of rotatable bonds is 3. The number of fused-ring (bicyclic) bond motifs is 1. The molecule has 2 aliphatic heterocycles. The number of piperazine rings is 1. The molecule has 27 heavy (non-hydrogen) atoms. The fourth-order valence-electron chi connectivity index (χ4n) is 3.39. The molecule has 1 saturated heterocycles. The van der Waals surface area contributed by atoms with Crippen molar-refractivity contribution in [2.24, 2.45) is 0 Å². The van der Waals surface area contributed by atoms with Crippen LogP contribution in [0, 0.1) is 0 Å². The first-order valence-corrected chi connectivity index (χ1v) is 9.95. The van der Waals surface area contributed by atoms with Crippen molar-refractivity contribution in [3.8, 4) is 0 Å². The molecule has 9 heteroatoms. The van der Waals surface area contributed by atoms with Crippen LogP contribution in [0.3, 0.4) is 0 Å². The molecule has 1 atom stereocenters. The first-order valence-electron chi connectivity index (χ1n) is 8.51. The summed E-state index contributed by atoms with van der Waals surface area (Å²) in [6.45, 7) is 2.37. The Balaban J connectivity index is 0.00000210. The number of pyridine rings is 1. The van der Waals surface area contributed by atoms with E-state index in [1.807, 2.05) is 31.3 Å². The van der Waals surface area contributed by atoms with Crippen LogP contribution in [0.5, 0.6) is 0 Å². The van der Waals surface area contributed by atoms with Gasteiger partial charge in [-0.3, -0.25) is 9.78 Å². The van der Waals surface area contributed by atoms with Crippen LogP contribution in [0.15, 0.2) is 47.5 Å². The highest BCUT2D eigenvalue weighted by Crippen LogP contribution is 2.36. The number of nitrogens with one attached hydrogen (secondary N) is 1. The van der Waals surface area contributed by atoms with E-state index in [4.69, 9.17) is 0 Å². The number of aromatic nitrogens is 1. The Morgan fingerprint density at radius 1 is 1.07 bits per heavy atom. The Morgan fingerprint density at radius 3 is 2.44 bits per heavy atom. The summed E-state index contributed by atoms with van der Waals surface area (Å²) in [7, 11) is -1.58. The van der Waals surface area contributed by atoms with E-state index in [-0.39, 0.29) is 23.2 Å². The van der Waals surface area contributed by atoms with Gasteiger partial charge in [0, 0.05) is 38.1 Å². The molecule has 144 valence electrons. The maximum atomic E-state index is 12.8. The average molecular weight is 409 g/mol. The van der Waals surface area contributed by atoms with Gasteiger partial charge in [-0.05, 0) is 30.8 Å². The zero-order chi connectivity index (χ0) is 18.3. The number of hydrogen-bond donors (Lipinski definition) is 1. The molecule has 1 amide bonds. The third-order valence-corrected chi connectivity index (χ3v) is 6.83. The van der Waals surface area contributed by atoms with E-state index >= 15 is 0 Å². The number of hydrogen-bond acceptors (Lipinski definition) is 5. The van der Waals surface area contributed by atoms with Crippen LogP contribution < -0.4 is 5.32 Å². The highest BCUT2D eigenvalue weighted by molar-refractivity contribution is 7.89. The van der Waals surface area contributed by atoms with Gasteiger partial charge in [-0.2, -0.15) is 4.31 Å². The smallest absolute Gasteiger partial charge is 0.244 e. The van der Waals surface area contributed by atoms with Crippen molar-refractivity contribution >= 4 is 34.0 Å². The Hall–Kier alpha value is -2.00. The third kappa shape index (κ3) is 3.58. The molecule has 2 aliphatic rings. The lowest BCUT2D eigenvalue weighted by Crippen LogP contribution is -2.47. The summed E-state index contributed by atoms with van der Waals surface area (Å²) in [4.78, 5) is 18.9. The molecule has 0 saturated carbocycles. The number of carbonyl (C=O) groups is 1. The molecule has 1 aromatic heterocycles. The monoisotopic (exact) mass is 408 g/mol. The van der Waals surface area contributed by atoms with Crippen LogP contribution in [-0.4, -0.2) is 61.7 Å². The number of benzene rings is 1. The van der Waals surface area contributed by atoms with Crippen molar-refractivity contribution in [1.82, 2.24) is 14.2 Å². The number of amides is 1. The van der Waals surface area contributed by atoms with Gasteiger partial charge in [0.25, 0.3) is 0 Å². The fourth-order valence-corrected chi connectivity index (χ4v) is 4.76. The number of anilines is 1. The Labute approximate surface area is 164 Å². The van der Waals surface area contributed by atoms with Gasteiger partial charge in [-0.25, -0.2) is 8.42 Å². The number of para-hydroxylation sites is 1. The molecule has 7 nitrogen and oxygen atoms in total. The average Bonchev–Trinajstić information content (AvgIpc) is 2.98. The van der Waals surface area contributed by atoms with E-state index in [9.17, 15) is 13.2 Å². The van der Waals surface area contributed by atoms with E-state index < -0.39 is 15.9 Å². The lowest BCUT2D eigenvalue weighted by atomic mass is 9.97. The van der Waals surface area contributed by atoms with Crippen molar-refractivity contribution in [1.29, 1.82) is 0 Å². The minimum Gasteiger partial charge on any atom is -0.325 e. The fraction of sp³-hybridized carbons (Fsp3) is 0.333. The quantitative estimate of drug-likeness (QED) is 0.832. The molecule has 4 rings (SSSR count). The standard InChI is InChI=1S/C18H20N4O3S.ClH/c1-21-8-10-22(11-9-21)26(24,25)13-6-7-16(19-12-13)17-14-4-2-3-5-15(14)20-18(17)23;/h2-7,12,17H,8-11H2,1H3,(H,20,23);1H. The molecular formula is C18H21ClN4O3S. The van der Waals surface area contributed by atoms with E-state index in [0.29, 0.717) is 31.9 Å². The molecule has 2 aromatic rings. The van der Waals surface area contributed by atoms with Gasteiger partial charge in [-0.1, -0.05) is 18.2 Å². The molecule has 1 fully saturated rings. The molecule has 0 bridgehead atoms. The maximum Gasteiger partial charge on any atom is 0.244 e. The van der Waals surface area contributed by atoms with Crippen molar-refractivity contribution in [3.05, 3.63) is 53.9 Å². The predicted molar refractivity (Wildman–Crippen MR) is 105 cm³/mol. The van der Waals surface area contributed by atoms with E-state index in [1.165, 1.54) is 10.5 Å². The summed E-state index contributed by atoms with van der Waals surface area (Å²) >= 11 is 0. The number of halogens is 1. The van der Waals surface area contributed by atoms with Crippen molar-refractivity contribution in [2.45, 2.75) is 10.8 Å². The van der Waals surface area contributed by atoms with E-state index in [0.717, 1.165) is 11.3 Å². The van der Waals surface area contributed by atoms with Gasteiger partial charge in [-0.15, -0.1) is 12.4 Å². The topological polar surface area (TPSA) is 82.6 Å². The van der Waals surface area contributed by atoms with Gasteiger partial charge >= 0.3 is 0 Å². The van der Waals surface area contributed by atoms with Crippen molar-refractivity contribution in [2.75, 3.05) is 38.5 Å². The molecule has 3 heterocycles. The maximum absolute atomic E-state index is 12.8. The summed E-state index contributed by atoms with van der Waals surface area (Å²) in [6.07, 6.45) is 1.36. The normalized spacial score (nSPS) is 20.6. The van der Waals surface area contributed by atoms with Crippen LogP contribution in [0.25, 0.3) is 0 Å². The second-order valence-electron chi connectivity index (χ2n) is 6.64. The van der Waals surface area contributed by atoms with Crippen LogP contribution >= 0.6 is 12.4 Å². The summed E-state index contributed by atoms with van der Waals surface area (Å²) < 4.78 is 27.0. The van der Waals surface area contributed by atoms with Crippen molar-refractivity contribution < 1.29 is 13.2 Å². The predicted octanol–water partition coefficient (Wildman–Crippen LogP) is 1.52. The Kier molecular flexibility index (Phi) is 5.53. The first kappa shape index (κ1) is 19.8. The number of sulfonamides is 1. The van der Waals surface area contributed by atoms with Gasteiger partial charge in [0.05, 0.1) is 5.69 Å². The zero-order valence-corrected chi connectivity index (χ0v) is 16.5. The van der Waals surface area contributed by atoms with Gasteiger partial charge < -0.3 is 10.2 Å². The summed E-state index contributed by atoms with van der Waals surface area (Å²) in [5.74, 6) is -0.653. The SMILES string of the molecule is CN1CCN(S(=O)(=O)c2ccc(C3C(=O)Nc4ccccc43)nc2)CC1.Cl. The van der Waals surface area contributed by atoms with Crippen LogP contribution in [-0.2, 0) is 14.8 Å².